The second-order valence-corrected chi connectivity index (χ2v) is 2.75. The second-order valence-electron chi connectivity index (χ2n) is 2.75. The maximum absolute atomic E-state index is 4.84. The number of pyridine rings is 1. The summed E-state index contributed by atoms with van der Waals surface area (Å²) in [5.74, 6) is 10.6. The van der Waals surface area contributed by atoms with E-state index in [1.165, 1.54) is 0 Å². The van der Waals surface area contributed by atoms with Crippen LogP contribution in [0.15, 0.2) is 12.1 Å². The molecule has 84 valence electrons. The smallest absolute Gasteiger partial charge is 0.129 e. The van der Waals surface area contributed by atoms with E-state index in [1.54, 1.807) is 0 Å². The van der Waals surface area contributed by atoms with E-state index in [2.05, 4.69) is 21.7 Å². The molecule has 0 spiro atoms. The maximum atomic E-state index is 4.84. The van der Waals surface area contributed by atoms with Crippen LogP contribution in [0.25, 0.3) is 0 Å². The molecule has 2 N–H and O–H groups in total. The van der Waals surface area contributed by atoms with Crippen molar-refractivity contribution < 1.29 is 4.84 Å². The normalized spacial score (nSPS) is 7.93. The fraction of sp³-hybridized carbons (Fsp3) is 0.300. The summed E-state index contributed by atoms with van der Waals surface area (Å²) in [6.45, 7) is 4.13. The molecule has 0 aromatic carbocycles. The summed E-state index contributed by atoms with van der Waals surface area (Å²) in [5.41, 5.74) is 2.89. The summed E-state index contributed by atoms with van der Waals surface area (Å²) in [4.78, 5) is 8.57. The molecule has 3 nitrogen and oxygen atoms in total. The van der Waals surface area contributed by atoms with Crippen LogP contribution in [0.1, 0.15) is 17.0 Å². The first kappa shape index (κ1) is 16.6. The second kappa shape index (κ2) is 8.51. The molecule has 1 aromatic rings. The van der Waals surface area contributed by atoms with E-state index in [0.717, 1.165) is 17.0 Å². The third kappa shape index (κ3) is 6.32. The van der Waals surface area contributed by atoms with Crippen LogP contribution >= 0.6 is 24.8 Å². The van der Waals surface area contributed by atoms with E-state index in [0.29, 0.717) is 0 Å². The van der Waals surface area contributed by atoms with Gasteiger partial charge >= 0.3 is 0 Å². The first-order chi connectivity index (χ1) is 6.22. The molecule has 0 amide bonds. The van der Waals surface area contributed by atoms with Crippen LogP contribution in [0.5, 0.6) is 0 Å². The monoisotopic (exact) mass is 248 g/mol. The first-order valence-electron chi connectivity index (χ1n) is 3.98. The van der Waals surface area contributed by atoms with E-state index in [9.17, 15) is 0 Å². The third-order valence-corrected chi connectivity index (χ3v) is 1.47. The Morgan fingerprint density at radius 1 is 1.27 bits per heavy atom. The largest absolute Gasteiger partial charge is 0.292 e. The van der Waals surface area contributed by atoms with Crippen molar-refractivity contribution >= 4 is 24.8 Å². The van der Waals surface area contributed by atoms with Crippen molar-refractivity contribution in [1.29, 1.82) is 0 Å². The quantitative estimate of drug-likeness (QED) is 0.609. The Morgan fingerprint density at radius 2 is 1.80 bits per heavy atom. The molecule has 0 radical (unpaired) electrons. The van der Waals surface area contributed by atoms with Gasteiger partial charge in [0.25, 0.3) is 0 Å². The van der Waals surface area contributed by atoms with Crippen LogP contribution in [0.4, 0.5) is 0 Å². The highest BCUT2D eigenvalue weighted by atomic mass is 35.5. The van der Waals surface area contributed by atoms with E-state index in [4.69, 9.17) is 5.90 Å². The van der Waals surface area contributed by atoms with Crippen molar-refractivity contribution in [3.63, 3.8) is 0 Å². The number of aromatic nitrogens is 1. The molecule has 15 heavy (non-hydrogen) atoms. The number of hydrogen-bond donors (Lipinski definition) is 1. The zero-order chi connectivity index (χ0) is 9.68. The van der Waals surface area contributed by atoms with Crippen molar-refractivity contribution in [3.8, 4) is 11.8 Å². The molecule has 0 bridgehead atoms. The molecular formula is C10H14Cl2N2O. The van der Waals surface area contributed by atoms with E-state index >= 15 is 0 Å². The lowest BCUT2D eigenvalue weighted by Gasteiger charge is -1.96. The number of nitrogens with two attached hydrogens (primary N) is 1. The number of rotatable bonds is 1. The molecule has 0 saturated carbocycles. The van der Waals surface area contributed by atoms with Gasteiger partial charge in [-0.2, -0.15) is 0 Å². The highest BCUT2D eigenvalue weighted by Gasteiger charge is 1.92. The molecule has 0 atom stereocenters. The maximum Gasteiger partial charge on any atom is 0.129 e. The summed E-state index contributed by atoms with van der Waals surface area (Å²) in [7, 11) is 0. The topological polar surface area (TPSA) is 48.1 Å². The molecule has 0 aliphatic rings. The minimum atomic E-state index is 0. The van der Waals surface area contributed by atoms with Gasteiger partial charge in [-0.15, -0.1) is 24.8 Å². The van der Waals surface area contributed by atoms with Gasteiger partial charge in [0.15, 0.2) is 0 Å². The van der Waals surface area contributed by atoms with Gasteiger partial charge in [0.05, 0.1) is 0 Å². The van der Waals surface area contributed by atoms with Crippen LogP contribution in [-0.2, 0) is 4.84 Å². The van der Waals surface area contributed by atoms with Crippen molar-refractivity contribution in [2.24, 2.45) is 5.90 Å². The van der Waals surface area contributed by atoms with Gasteiger partial charge in [-0.3, -0.25) is 9.82 Å². The highest BCUT2D eigenvalue weighted by molar-refractivity contribution is 5.85. The Morgan fingerprint density at radius 3 is 2.27 bits per heavy atom. The van der Waals surface area contributed by atoms with E-state index < -0.39 is 0 Å². The predicted octanol–water partition coefficient (Wildman–Crippen LogP) is 1.78. The summed E-state index contributed by atoms with van der Waals surface area (Å²) >= 11 is 0. The Balaban J connectivity index is 0. The minimum Gasteiger partial charge on any atom is -0.292 e. The Kier molecular flexibility index (Phi) is 9.44. The number of nitrogens with zero attached hydrogens (tertiary/aromatic N) is 1. The molecule has 1 rings (SSSR count). The van der Waals surface area contributed by atoms with Gasteiger partial charge in [0.2, 0.25) is 0 Å². The van der Waals surface area contributed by atoms with Crippen LogP contribution in [0, 0.1) is 25.7 Å². The third-order valence-electron chi connectivity index (χ3n) is 1.47. The average molecular weight is 249 g/mol. The molecule has 1 heterocycles. The molecule has 0 unspecified atom stereocenters. The number of aryl methyl sites for hydroxylation is 2. The number of halogens is 2. The zero-order valence-corrected chi connectivity index (χ0v) is 10.2. The van der Waals surface area contributed by atoms with Crippen LogP contribution in [-0.4, -0.2) is 11.6 Å². The standard InChI is InChI=1S/C10H12N2O.2ClH/c1-8-6-10(4-3-5-13-11)7-9(2)12-8;;/h6-7H,5,11H2,1-2H3;2*1H. The van der Waals surface area contributed by atoms with Gasteiger partial charge in [-0.1, -0.05) is 11.8 Å². The Bertz CT molecular complexity index is 338. The van der Waals surface area contributed by atoms with E-state index in [-0.39, 0.29) is 31.4 Å². The van der Waals surface area contributed by atoms with Crippen molar-refractivity contribution in [3.05, 3.63) is 29.1 Å². The van der Waals surface area contributed by atoms with Crippen molar-refractivity contribution in [2.45, 2.75) is 13.8 Å². The van der Waals surface area contributed by atoms with Gasteiger partial charge in [0, 0.05) is 17.0 Å². The SMILES string of the molecule is Cc1cc(C#CCON)cc(C)n1.Cl.Cl. The van der Waals surface area contributed by atoms with Crippen LogP contribution in [0.3, 0.4) is 0 Å². The lowest BCUT2D eigenvalue weighted by Crippen LogP contribution is -1.97. The fourth-order valence-electron chi connectivity index (χ4n) is 1.09. The van der Waals surface area contributed by atoms with Gasteiger partial charge in [-0.05, 0) is 26.0 Å². The van der Waals surface area contributed by atoms with Gasteiger partial charge in [0.1, 0.15) is 6.61 Å². The fourth-order valence-corrected chi connectivity index (χ4v) is 1.09. The highest BCUT2D eigenvalue weighted by Crippen LogP contribution is 2.02. The summed E-state index contributed by atoms with van der Waals surface area (Å²) in [6, 6.07) is 3.85. The zero-order valence-electron chi connectivity index (χ0n) is 8.61. The molecule has 0 aliphatic heterocycles. The minimum absolute atomic E-state index is 0. The average Bonchev–Trinajstić information content (AvgIpc) is 2.03. The predicted molar refractivity (Wildman–Crippen MR) is 65.2 cm³/mol. The summed E-state index contributed by atoms with van der Waals surface area (Å²) in [6.07, 6.45) is 0. The molecule has 0 fully saturated rings. The molecule has 5 heteroatoms. The summed E-state index contributed by atoms with van der Waals surface area (Å²) in [5, 5.41) is 0. The van der Waals surface area contributed by atoms with Crippen molar-refractivity contribution in [1.82, 2.24) is 4.98 Å². The van der Waals surface area contributed by atoms with Crippen LogP contribution < -0.4 is 5.90 Å². The lowest BCUT2D eigenvalue weighted by atomic mass is 10.2. The van der Waals surface area contributed by atoms with Crippen LogP contribution in [0.2, 0.25) is 0 Å². The Hall–Kier alpha value is -0.790. The van der Waals surface area contributed by atoms with Crippen molar-refractivity contribution in [2.75, 3.05) is 6.61 Å². The van der Waals surface area contributed by atoms with Gasteiger partial charge < -0.3 is 0 Å². The molecule has 0 saturated heterocycles. The summed E-state index contributed by atoms with van der Waals surface area (Å²) < 4.78 is 0. The van der Waals surface area contributed by atoms with E-state index in [1.807, 2.05) is 26.0 Å². The first-order valence-corrected chi connectivity index (χ1v) is 3.98. The van der Waals surface area contributed by atoms with Gasteiger partial charge in [-0.25, -0.2) is 5.90 Å². The lowest BCUT2D eigenvalue weighted by molar-refractivity contribution is 0.173. The Labute approximate surface area is 102 Å². The molecular weight excluding hydrogens is 235 g/mol. The number of hydrogen-bond acceptors (Lipinski definition) is 3. The molecule has 0 aliphatic carbocycles. The molecule has 1 aromatic heterocycles.